The Labute approximate surface area is 197 Å². The van der Waals surface area contributed by atoms with Gasteiger partial charge in [-0.25, -0.2) is 9.67 Å². The number of benzene rings is 1. The van der Waals surface area contributed by atoms with Crippen LogP contribution >= 0.6 is 0 Å². The third-order valence-corrected chi connectivity index (χ3v) is 5.64. The monoisotopic (exact) mass is 473 g/mol. The maximum absolute atomic E-state index is 13.0. The van der Waals surface area contributed by atoms with Gasteiger partial charge in [0.1, 0.15) is 0 Å². The molecule has 3 aromatic rings. The number of nitrogens with zero attached hydrogens (tertiary/aromatic N) is 4. The standard InChI is InChI=1S/C25H30F3N5O/c1-5-32(6-2)16-19-9-7-8-18(12-19)13-30-24(34)21-15-31-33(23(21)17(3)4)22-11-10-20(14-29-22)25(26,27)28/h7-12,14-15,17H,5-6,13,16H2,1-4H3,(H,30,34). The van der Waals surface area contributed by atoms with E-state index in [2.05, 4.69) is 46.3 Å². The van der Waals surface area contributed by atoms with Crippen molar-refractivity contribution >= 4 is 5.91 Å². The van der Waals surface area contributed by atoms with Crippen molar-refractivity contribution < 1.29 is 18.0 Å². The van der Waals surface area contributed by atoms with E-state index in [1.165, 1.54) is 22.5 Å². The van der Waals surface area contributed by atoms with E-state index < -0.39 is 11.7 Å². The molecule has 0 saturated carbocycles. The molecule has 1 aromatic carbocycles. The van der Waals surface area contributed by atoms with Crippen LogP contribution in [0.15, 0.2) is 48.8 Å². The van der Waals surface area contributed by atoms with E-state index in [0.717, 1.165) is 37.5 Å². The third kappa shape index (κ3) is 6.02. The molecule has 3 rings (SSSR count). The molecule has 34 heavy (non-hydrogen) atoms. The van der Waals surface area contributed by atoms with Crippen LogP contribution in [0.5, 0.6) is 0 Å². The molecule has 0 spiro atoms. The number of hydrogen-bond acceptors (Lipinski definition) is 4. The first kappa shape index (κ1) is 25.4. The number of halogens is 3. The van der Waals surface area contributed by atoms with Gasteiger partial charge in [0, 0.05) is 19.3 Å². The summed E-state index contributed by atoms with van der Waals surface area (Å²) in [6.45, 7) is 11.2. The third-order valence-electron chi connectivity index (χ3n) is 5.64. The molecule has 1 amide bonds. The van der Waals surface area contributed by atoms with Crippen LogP contribution < -0.4 is 5.32 Å². The Morgan fingerprint density at radius 2 is 1.79 bits per heavy atom. The van der Waals surface area contributed by atoms with Crippen molar-refractivity contribution in [3.05, 3.63) is 76.7 Å². The van der Waals surface area contributed by atoms with Crippen LogP contribution in [0.1, 0.15) is 66.4 Å². The number of rotatable bonds is 9. The second-order valence-corrected chi connectivity index (χ2v) is 8.38. The van der Waals surface area contributed by atoms with Gasteiger partial charge in [0.2, 0.25) is 0 Å². The highest BCUT2D eigenvalue weighted by Gasteiger charge is 2.31. The Balaban J connectivity index is 1.77. The molecule has 0 atom stereocenters. The van der Waals surface area contributed by atoms with Gasteiger partial charge < -0.3 is 5.32 Å². The fourth-order valence-corrected chi connectivity index (χ4v) is 3.77. The molecule has 0 bridgehead atoms. The highest BCUT2D eigenvalue weighted by atomic mass is 19.4. The Kier molecular flexibility index (Phi) is 8.09. The molecule has 0 unspecified atom stereocenters. The number of alkyl halides is 3. The van der Waals surface area contributed by atoms with Crippen LogP contribution in [0.3, 0.4) is 0 Å². The highest BCUT2D eigenvalue weighted by Crippen LogP contribution is 2.29. The quantitative estimate of drug-likeness (QED) is 0.465. The van der Waals surface area contributed by atoms with Gasteiger partial charge in [0.05, 0.1) is 23.0 Å². The fraction of sp³-hybridized carbons (Fsp3) is 0.400. The first-order chi connectivity index (χ1) is 16.1. The maximum Gasteiger partial charge on any atom is 0.417 e. The molecule has 2 heterocycles. The van der Waals surface area contributed by atoms with Crippen LogP contribution in [0.4, 0.5) is 13.2 Å². The van der Waals surface area contributed by atoms with Crippen LogP contribution in [0, 0.1) is 0 Å². The van der Waals surface area contributed by atoms with E-state index in [-0.39, 0.29) is 17.6 Å². The summed E-state index contributed by atoms with van der Waals surface area (Å²) in [5.74, 6) is -0.180. The first-order valence-corrected chi connectivity index (χ1v) is 11.3. The van der Waals surface area contributed by atoms with Crippen molar-refractivity contribution in [2.45, 2.75) is 52.9 Å². The normalized spacial score (nSPS) is 11.9. The number of pyridine rings is 1. The average molecular weight is 474 g/mol. The number of amides is 1. The minimum atomic E-state index is -4.47. The molecule has 0 aliphatic heterocycles. The molecule has 6 nitrogen and oxygen atoms in total. The second-order valence-electron chi connectivity index (χ2n) is 8.38. The molecular weight excluding hydrogens is 443 g/mol. The fourth-order valence-electron chi connectivity index (χ4n) is 3.77. The molecule has 0 aliphatic carbocycles. The number of carbonyl (C=O) groups excluding carboxylic acids is 1. The lowest BCUT2D eigenvalue weighted by Crippen LogP contribution is -2.25. The summed E-state index contributed by atoms with van der Waals surface area (Å²) in [6.07, 6.45) is -2.27. The molecular formula is C25H30F3N5O. The molecule has 1 N–H and O–H groups in total. The van der Waals surface area contributed by atoms with E-state index in [9.17, 15) is 18.0 Å². The van der Waals surface area contributed by atoms with Gasteiger partial charge in [-0.2, -0.15) is 18.3 Å². The van der Waals surface area contributed by atoms with Crippen LogP contribution in [0.25, 0.3) is 5.82 Å². The largest absolute Gasteiger partial charge is 0.417 e. The van der Waals surface area contributed by atoms with E-state index >= 15 is 0 Å². The number of hydrogen-bond donors (Lipinski definition) is 1. The van der Waals surface area contributed by atoms with Crippen molar-refractivity contribution in [1.82, 2.24) is 25.0 Å². The topological polar surface area (TPSA) is 63.1 Å². The van der Waals surface area contributed by atoms with Gasteiger partial charge in [-0.3, -0.25) is 9.69 Å². The number of nitrogens with one attached hydrogen (secondary N) is 1. The summed E-state index contributed by atoms with van der Waals surface area (Å²) in [6, 6.07) is 10.3. The first-order valence-electron chi connectivity index (χ1n) is 11.3. The van der Waals surface area contributed by atoms with E-state index in [0.29, 0.717) is 17.8 Å². The van der Waals surface area contributed by atoms with Gasteiger partial charge in [-0.05, 0) is 42.3 Å². The lowest BCUT2D eigenvalue weighted by atomic mass is 10.0. The van der Waals surface area contributed by atoms with E-state index in [1.807, 2.05) is 26.0 Å². The second kappa shape index (κ2) is 10.8. The van der Waals surface area contributed by atoms with Gasteiger partial charge in [0.15, 0.2) is 5.82 Å². The van der Waals surface area contributed by atoms with Crippen molar-refractivity contribution in [1.29, 1.82) is 0 Å². The molecule has 0 aliphatic rings. The average Bonchev–Trinajstić information content (AvgIpc) is 3.26. The smallest absolute Gasteiger partial charge is 0.348 e. The van der Waals surface area contributed by atoms with Crippen LogP contribution in [-0.4, -0.2) is 38.7 Å². The van der Waals surface area contributed by atoms with Gasteiger partial charge >= 0.3 is 6.18 Å². The van der Waals surface area contributed by atoms with Gasteiger partial charge in [-0.15, -0.1) is 0 Å². The zero-order chi connectivity index (χ0) is 24.9. The predicted octanol–water partition coefficient (Wildman–Crippen LogP) is 5.18. The predicted molar refractivity (Wildman–Crippen MR) is 125 cm³/mol. The molecule has 0 radical (unpaired) electrons. The summed E-state index contributed by atoms with van der Waals surface area (Å²) in [5.41, 5.74) is 2.28. The SMILES string of the molecule is CCN(CC)Cc1cccc(CNC(=O)c2cnn(-c3ccc(C(F)(F)F)cn3)c2C(C)C)c1. The minimum Gasteiger partial charge on any atom is -0.348 e. The highest BCUT2D eigenvalue weighted by molar-refractivity contribution is 5.95. The Morgan fingerprint density at radius 1 is 1.09 bits per heavy atom. The van der Waals surface area contributed by atoms with Crippen molar-refractivity contribution in [3.63, 3.8) is 0 Å². The van der Waals surface area contributed by atoms with E-state index in [1.54, 1.807) is 0 Å². The zero-order valence-electron chi connectivity index (χ0n) is 19.9. The summed E-state index contributed by atoms with van der Waals surface area (Å²) >= 11 is 0. The van der Waals surface area contributed by atoms with Crippen molar-refractivity contribution in [2.24, 2.45) is 0 Å². The minimum absolute atomic E-state index is 0.107. The zero-order valence-corrected chi connectivity index (χ0v) is 19.9. The van der Waals surface area contributed by atoms with E-state index in [4.69, 9.17) is 0 Å². The van der Waals surface area contributed by atoms with Gasteiger partial charge in [-0.1, -0.05) is 52.0 Å². The van der Waals surface area contributed by atoms with Crippen LogP contribution in [0.2, 0.25) is 0 Å². The number of carbonyl (C=O) groups is 1. The lowest BCUT2D eigenvalue weighted by Gasteiger charge is -2.18. The molecule has 182 valence electrons. The number of aromatic nitrogens is 3. The van der Waals surface area contributed by atoms with Crippen molar-refractivity contribution in [3.8, 4) is 5.82 Å². The van der Waals surface area contributed by atoms with Crippen LogP contribution in [-0.2, 0) is 19.3 Å². The maximum atomic E-state index is 13.0. The summed E-state index contributed by atoms with van der Waals surface area (Å²) in [7, 11) is 0. The molecule has 0 fully saturated rings. The van der Waals surface area contributed by atoms with Crippen molar-refractivity contribution in [2.75, 3.05) is 13.1 Å². The summed E-state index contributed by atoms with van der Waals surface area (Å²) in [4.78, 5) is 19.2. The summed E-state index contributed by atoms with van der Waals surface area (Å²) < 4.78 is 40.0. The summed E-state index contributed by atoms with van der Waals surface area (Å²) in [5, 5.41) is 7.19. The Bertz CT molecular complexity index is 1100. The lowest BCUT2D eigenvalue weighted by molar-refractivity contribution is -0.137. The van der Waals surface area contributed by atoms with Gasteiger partial charge in [0.25, 0.3) is 5.91 Å². The Hall–Kier alpha value is -3.20. The molecule has 0 saturated heterocycles. The Morgan fingerprint density at radius 3 is 2.38 bits per heavy atom. The molecule has 9 heteroatoms. The molecule has 2 aromatic heterocycles.